The van der Waals surface area contributed by atoms with Crippen molar-refractivity contribution in [2.45, 2.75) is 38.2 Å². The van der Waals surface area contributed by atoms with Crippen LogP contribution in [0, 0.1) is 0 Å². The fourth-order valence-corrected chi connectivity index (χ4v) is 3.42. The van der Waals surface area contributed by atoms with Crippen LogP contribution in [-0.4, -0.2) is 63.9 Å². The third kappa shape index (κ3) is 7.41. The lowest BCUT2D eigenvalue weighted by atomic mass is 10.0. The number of aromatic amines is 1. The van der Waals surface area contributed by atoms with Gasteiger partial charge >= 0.3 is 12.4 Å². The van der Waals surface area contributed by atoms with Crippen LogP contribution in [0.25, 0.3) is 0 Å². The summed E-state index contributed by atoms with van der Waals surface area (Å²) >= 11 is 0. The van der Waals surface area contributed by atoms with Crippen molar-refractivity contribution in [3.63, 3.8) is 0 Å². The summed E-state index contributed by atoms with van der Waals surface area (Å²) in [5.74, 6) is -0.347. The highest BCUT2D eigenvalue weighted by Gasteiger charge is 2.37. The van der Waals surface area contributed by atoms with E-state index in [-0.39, 0.29) is 12.6 Å². The van der Waals surface area contributed by atoms with Gasteiger partial charge in [-0.15, -0.1) is 0 Å². The number of rotatable bonds is 7. The second-order valence-electron chi connectivity index (χ2n) is 8.22. The number of H-pyrrole nitrogens is 1. The van der Waals surface area contributed by atoms with Gasteiger partial charge in [0.1, 0.15) is 5.56 Å². The number of alkyl halides is 6. The van der Waals surface area contributed by atoms with Crippen molar-refractivity contribution in [2.75, 3.05) is 37.0 Å². The number of aromatic nitrogens is 4. The Labute approximate surface area is 206 Å². The number of anilines is 2. The number of hydrogen-bond donors (Lipinski definition) is 2. The quantitative estimate of drug-likeness (QED) is 0.316. The summed E-state index contributed by atoms with van der Waals surface area (Å²) in [7, 11) is 1.34. The molecule has 3 heterocycles. The molecular weight excluding hydrogens is 512 g/mol. The fraction of sp³-hybridized carbons (Fsp3) is 0.476. The Morgan fingerprint density at radius 3 is 2.35 bits per heavy atom. The molecule has 0 bridgehead atoms. The second-order valence-corrected chi connectivity index (χ2v) is 8.22. The van der Waals surface area contributed by atoms with Gasteiger partial charge in [-0.2, -0.15) is 31.4 Å². The van der Waals surface area contributed by atoms with Crippen LogP contribution in [0.1, 0.15) is 30.9 Å². The number of piperidine rings is 1. The highest BCUT2D eigenvalue weighted by atomic mass is 19.4. The first-order valence-electron chi connectivity index (χ1n) is 10.9. The summed E-state index contributed by atoms with van der Waals surface area (Å²) in [5, 5.41) is 8.54. The molecule has 16 heteroatoms. The van der Waals surface area contributed by atoms with Crippen LogP contribution < -0.4 is 15.8 Å². The molecule has 1 amide bonds. The molecule has 1 atom stereocenters. The van der Waals surface area contributed by atoms with Crippen LogP contribution in [0.5, 0.6) is 0 Å². The molecule has 2 N–H and O–H groups in total. The number of likely N-dealkylation sites (N-methyl/N-ethyl adjacent to an activating group) is 1. The van der Waals surface area contributed by atoms with Gasteiger partial charge < -0.3 is 10.2 Å². The lowest BCUT2D eigenvalue weighted by molar-refractivity contribution is -0.173. The summed E-state index contributed by atoms with van der Waals surface area (Å²) in [6.45, 7) is 2.08. The van der Waals surface area contributed by atoms with E-state index in [0.29, 0.717) is 25.9 Å². The molecule has 0 aliphatic carbocycles. The number of carbonyl (C=O) groups excluding carboxylic acids is 1. The second kappa shape index (κ2) is 11.1. The molecule has 37 heavy (non-hydrogen) atoms. The summed E-state index contributed by atoms with van der Waals surface area (Å²) in [6.07, 6.45) is -4.90. The van der Waals surface area contributed by atoms with E-state index in [1.807, 2.05) is 0 Å². The zero-order valence-electron chi connectivity index (χ0n) is 19.7. The molecule has 0 aromatic carbocycles. The summed E-state index contributed by atoms with van der Waals surface area (Å²) < 4.78 is 77.4. The van der Waals surface area contributed by atoms with Crippen LogP contribution in [0.15, 0.2) is 35.0 Å². The van der Waals surface area contributed by atoms with Crippen LogP contribution in [-0.2, 0) is 22.0 Å². The summed E-state index contributed by atoms with van der Waals surface area (Å²) in [5.41, 5.74) is -3.50. The molecule has 1 aliphatic rings. The van der Waals surface area contributed by atoms with Gasteiger partial charge in [-0.3, -0.25) is 14.4 Å². The predicted octanol–water partition coefficient (Wildman–Crippen LogP) is 3.01. The average Bonchev–Trinajstić information content (AvgIpc) is 2.81. The molecule has 2 aromatic rings. The lowest BCUT2D eigenvalue weighted by Gasteiger charge is -2.28. The first kappa shape index (κ1) is 27.9. The van der Waals surface area contributed by atoms with Crippen molar-refractivity contribution in [1.29, 1.82) is 0 Å². The largest absolute Gasteiger partial charge is 0.423 e. The zero-order chi connectivity index (χ0) is 27.4. The molecule has 0 spiro atoms. The van der Waals surface area contributed by atoms with Crippen LogP contribution >= 0.6 is 0 Å². The van der Waals surface area contributed by atoms with Gasteiger partial charge in [-0.1, -0.05) is 5.57 Å². The Morgan fingerprint density at radius 2 is 1.78 bits per heavy atom. The highest BCUT2D eigenvalue weighted by molar-refractivity contribution is 5.87. The SMILES string of the molecule is C[C@@H](CON(C)C(=O)C=C1CCN(c2ncc(C(F)(F)F)cn2)CC1)Nc1cn[nH]c(=O)c1C(F)(F)F. The third-order valence-corrected chi connectivity index (χ3v) is 5.35. The smallest absolute Gasteiger partial charge is 0.378 e. The maximum absolute atomic E-state index is 13.2. The first-order valence-corrected chi connectivity index (χ1v) is 10.9. The summed E-state index contributed by atoms with van der Waals surface area (Å²) in [4.78, 5) is 38.6. The Balaban J connectivity index is 1.50. The topological polar surface area (TPSA) is 116 Å². The minimum Gasteiger partial charge on any atom is -0.378 e. The summed E-state index contributed by atoms with van der Waals surface area (Å²) in [6, 6.07) is -0.723. The van der Waals surface area contributed by atoms with Crippen molar-refractivity contribution in [3.05, 3.63) is 51.7 Å². The standard InChI is InChI=1S/C21H23F6N7O3/c1-12(31-15-10-30-32-18(36)17(15)21(25,26)27)11-37-33(2)16(35)7-13-3-5-34(6-4-13)19-28-8-14(9-29-19)20(22,23)24/h7-10,12H,3-6,11H2,1-2H3,(H2,31,32,36)/t12-/m0/s1. The minimum absolute atomic E-state index is 0.157. The van der Waals surface area contributed by atoms with Crippen molar-refractivity contribution in [3.8, 4) is 0 Å². The van der Waals surface area contributed by atoms with Gasteiger partial charge in [0.05, 0.1) is 24.1 Å². The van der Waals surface area contributed by atoms with E-state index in [2.05, 4.69) is 20.4 Å². The number of nitrogens with zero attached hydrogens (tertiary/aromatic N) is 5. The Hall–Kier alpha value is -3.69. The number of amides is 1. The first-order chi connectivity index (χ1) is 17.3. The van der Waals surface area contributed by atoms with E-state index in [1.165, 1.54) is 20.0 Å². The molecular formula is C21H23F6N7O3. The number of hydrogen-bond acceptors (Lipinski definition) is 8. The molecule has 1 aliphatic heterocycles. The molecule has 1 fully saturated rings. The third-order valence-electron chi connectivity index (χ3n) is 5.35. The zero-order valence-corrected chi connectivity index (χ0v) is 19.7. The van der Waals surface area contributed by atoms with Crippen molar-refractivity contribution < 1.29 is 36.0 Å². The highest BCUT2D eigenvalue weighted by Crippen LogP contribution is 2.32. The van der Waals surface area contributed by atoms with Crippen molar-refractivity contribution in [1.82, 2.24) is 25.2 Å². The minimum atomic E-state index is -4.90. The van der Waals surface area contributed by atoms with Gasteiger partial charge in [0.15, 0.2) is 0 Å². The van der Waals surface area contributed by atoms with E-state index in [0.717, 1.165) is 29.2 Å². The molecule has 0 radical (unpaired) electrons. The van der Waals surface area contributed by atoms with Crippen LogP contribution in [0.3, 0.4) is 0 Å². The maximum atomic E-state index is 13.2. The number of halogens is 6. The van der Waals surface area contributed by atoms with Crippen LogP contribution in [0.2, 0.25) is 0 Å². The molecule has 0 unspecified atom stereocenters. The van der Waals surface area contributed by atoms with E-state index in [9.17, 15) is 35.9 Å². The molecule has 2 aromatic heterocycles. The average molecular weight is 535 g/mol. The Bertz CT molecular complexity index is 1170. The van der Waals surface area contributed by atoms with Gasteiger partial charge in [-0.25, -0.2) is 20.1 Å². The van der Waals surface area contributed by atoms with Gasteiger partial charge in [-0.05, 0) is 19.8 Å². The normalized spacial score (nSPS) is 15.4. The molecule has 1 saturated heterocycles. The van der Waals surface area contributed by atoms with E-state index >= 15 is 0 Å². The van der Waals surface area contributed by atoms with Gasteiger partial charge in [0.25, 0.3) is 11.5 Å². The fourth-order valence-electron chi connectivity index (χ4n) is 3.42. The van der Waals surface area contributed by atoms with Crippen molar-refractivity contribution >= 4 is 17.5 Å². The molecule has 10 nitrogen and oxygen atoms in total. The maximum Gasteiger partial charge on any atom is 0.423 e. The van der Waals surface area contributed by atoms with Gasteiger partial charge in [0, 0.05) is 44.6 Å². The van der Waals surface area contributed by atoms with Crippen molar-refractivity contribution in [2.24, 2.45) is 0 Å². The predicted molar refractivity (Wildman–Crippen MR) is 118 cm³/mol. The monoisotopic (exact) mass is 535 g/mol. The number of carbonyl (C=O) groups is 1. The number of nitrogens with one attached hydrogen (secondary N) is 2. The Kier molecular flexibility index (Phi) is 8.40. The van der Waals surface area contributed by atoms with Crippen LogP contribution in [0.4, 0.5) is 38.0 Å². The lowest BCUT2D eigenvalue weighted by Crippen LogP contribution is -2.34. The Morgan fingerprint density at radius 1 is 1.16 bits per heavy atom. The van der Waals surface area contributed by atoms with E-state index in [1.54, 1.807) is 10.00 Å². The van der Waals surface area contributed by atoms with E-state index < -0.39 is 46.7 Å². The van der Waals surface area contributed by atoms with E-state index in [4.69, 9.17) is 4.84 Å². The van der Waals surface area contributed by atoms with Gasteiger partial charge in [0.2, 0.25) is 5.95 Å². The molecule has 202 valence electrons. The molecule has 3 rings (SSSR count). The number of hydroxylamine groups is 2. The molecule has 0 saturated carbocycles.